The minimum absolute atomic E-state index is 0.168. The van der Waals surface area contributed by atoms with Crippen LogP contribution in [0.4, 0.5) is 0 Å². The highest BCUT2D eigenvalue weighted by atomic mass is 32.1. The van der Waals surface area contributed by atoms with Gasteiger partial charge in [-0.05, 0) is 50.7 Å². The third-order valence-corrected chi connectivity index (χ3v) is 5.37. The summed E-state index contributed by atoms with van der Waals surface area (Å²) in [5.74, 6) is 0.168. The third-order valence-electron chi connectivity index (χ3n) is 4.27. The largest absolute Gasteiger partial charge is 0.353 e. The Morgan fingerprint density at radius 1 is 1.27 bits per heavy atom. The fraction of sp³-hybridized carbons (Fsp3) is 0.529. The van der Waals surface area contributed by atoms with Gasteiger partial charge in [-0.25, -0.2) is 4.98 Å². The molecule has 0 aliphatic heterocycles. The standard InChI is InChI=1S/C17H23N3OS/c18-12-8-10-13(11-9-12)19-16(21)6-3-7-17-20-14-4-1-2-5-15(14)22-17/h1-2,4-5,12-13H,3,6-11,18H2,(H,19,21). The van der Waals surface area contributed by atoms with Crippen LogP contribution in [0.5, 0.6) is 0 Å². The van der Waals surface area contributed by atoms with Crippen molar-refractivity contribution in [3.63, 3.8) is 0 Å². The van der Waals surface area contributed by atoms with Crippen molar-refractivity contribution in [3.05, 3.63) is 29.3 Å². The van der Waals surface area contributed by atoms with E-state index in [0.29, 0.717) is 18.5 Å². The van der Waals surface area contributed by atoms with E-state index in [9.17, 15) is 4.79 Å². The number of hydrogen-bond acceptors (Lipinski definition) is 4. The van der Waals surface area contributed by atoms with Gasteiger partial charge in [0, 0.05) is 18.5 Å². The van der Waals surface area contributed by atoms with E-state index in [4.69, 9.17) is 5.73 Å². The average Bonchev–Trinajstić information content (AvgIpc) is 2.92. The number of aromatic nitrogens is 1. The third kappa shape index (κ3) is 4.05. The van der Waals surface area contributed by atoms with E-state index in [2.05, 4.69) is 16.4 Å². The molecule has 1 aromatic heterocycles. The summed E-state index contributed by atoms with van der Waals surface area (Å²) in [4.78, 5) is 16.6. The Balaban J connectivity index is 1.41. The number of hydrogen-bond donors (Lipinski definition) is 2. The first-order chi connectivity index (χ1) is 10.7. The molecule has 1 heterocycles. The van der Waals surface area contributed by atoms with Gasteiger partial charge in [0.25, 0.3) is 0 Å². The van der Waals surface area contributed by atoms with Crippen LogP contribution >= 0.6 is 11.3 Å². The summed E-state index contributed by atoms with van der Waals surface area (Å²) in [6.45, 7) is 0. The van der Waals surface area contributed by atoms with Crippen LogP contribution in [-0.4, -0.2) is 23.0 Å². The quantitative estimate of drug-likeness (QED) is 0.891. The number of thiazole rings is 1. The van der Waals surface area contributed by atoms with Crippen LogP contribution < -0.4 is 11.1 Å². The zero-order chi connectivity index (χ0) is 15.4. The van der Waals surface area contributed by atoms with Crippen LogP contribution in [0.1, 0.15) is 43.5 Å². The first kappa shape index (κ1) is 15.4. The van der Waals surface area contributed by atoms with Crippen molar-refractivity contribution >= 4 is 27.5 Å². The monoisotopic (exact) mass is 317 g/mol. The van der Waals surface area contributed by atoms with Gasteiger partial charge in [-0.2, -0.15) is 0 Å². The lowest BCUT2D eigenvalue weighted by molar-refractivity contribution is -0.122. The number of rotatable bonds is 5. The Morgan fingerprint density at radius 3 is 2.82 bits per heavy atom. The van der Waals surface area contributed by atoms with E-state index in [0.717, 1.165) is 49.0 Å². The highest BCUT2D eigenvalue weighted by Gasteiger charge is 2.19. The van der Waals surface area contributed by atoms with Gasteiger partial charge in [0.1, 0.15) is 0 Å². The Kier molecular flexibility index (Phi) is 5.05. The van der Waals surface area contributed by atoms with Gasteiger partial charge in [0.05, 0.1) is 15.2 Å². The number of fused-ring (bicyclic) bond motifs is 1. The maximum Gasteiger partial charge on any atom is 0.220 e. The highest BCUT2D eigenvalue weighted by molar-refractivity contribution is 7.18. The molecule has 0 bridgehead atoms. The summed E-state index contributed by atoms with van der Waals surface area (Å²) in [7, 11) is 0. The van der Waals surface area contributed by atoms with E-state index in [1.165, 1.54) is 4.70 Å². The van der Waals surface area contributed by atoms with Crippen LogP contribution in [0.3, 0.4) is 0 Å². The predicted octanol–water partition coefficient (Wildman–Crippen LogP) is 3.01. The Bertz CT molecular complexity index is 599. The molecule has 3 N–H and O–H groups in total. The molecule has 0 atom stereocenters. The summed E-state index contributed by atoms with van der Waals surface area (Å²) in [6.07, 6.45) is 6.40. The molecule has 0 radical (unpaired) electrons. The summed E-state index contributed by atoms with van der Waals surface area (Å²) < 4.78 is 1.22. The molecule has 4 nitrogen and oxygen atoms in total. The number of amides is 1. The average molecular weight is 317 g/mol. The van der Waals surface area contributed by atoms with Gasteiger partial charge in [-0.15, -0.1) is 11.3 Å². The summed E-state index contributed by atoms with van der Waals surface area (Å²) in [6, 6.07) is 8.83. The SMILES string of the molecule is NC1CCC(NC(=O)CCCc2nc3ccccc3s2)CC1. The lowest BCUT2D eigenvalue weighted by atomic mass is 9.92. The number of nitrogens with one attached hydrogen (secondary N) is 1. The van der Waals surface area contributed by atoms with Gasteiger partial charge in [0.2, 0.25) is 5.91 Å². The van der Waals surface area contributed by atoms with E-state index < -0.39 is 0 Å². The summed E-state index contributed by atoms with van der Waals surface area (Å²) in [5.41, 5.74) is 6.95. The molecule has 2 aromatic rings. The van der Waals surface area contributed by atoms with Gasteiger partial charge >= 0.3 is 0 Å². The summed E-state index contributed by atoms with van der Waals surface area (Å²) in [5, 5.41) is 4.26. The molecule has 1 amide bonds. The van der Waals surface area contributed by atoms with E-state index in [-0.39, 0.29) is 5.91 Å². The molecule has 1 aliphatic rings. The van der Waals surface area contributed by atoms with E-state index in [1.807, 2.05) is 18.2 Å². The first-order valence-corrected chi connectivity index (χ1v) is 8.92. The van der Waals surface area contributed by atoms with Crippen molar-refractivity contribution in [1.29, 1.82) is 0 Å². The van der Waals surface area contributed by atoms with Gasteiger partial charge in [-0.3, -0.25) is 4.79 Å². The topological polar surface area (TPSA) is 68.0 Å². The number of carbonyl (C=O) groups is 1. The lowest BCUT2D eigenvalue weighted by Gasteiger charge is -2.26. The molecule has 1 aliphatic carbocycles. The van der Waals surface area contributed by atoms with Crippen molar-refractivity contribution in [1.82, 2.24) is 10.3 Å². The van der Waals surface area contributed by atoms with E-state index >= 15 is 0 Å². The van der Waals surface area contributed by atoms with Crippen LogP contribution in [0.15, 0.2) is 24.3 Å². The normalized spacial score (nSPS) is 21.9. The second-order valence-corrected chi connectivity index (χ2v) is 7.22. The lowest BCUT2D eigenvalue weighted by Crippen LogP contribution is -2.40. The molecule has 118 valence electrons. The number of nitrogens with zero attached hydrogens (tertiary/aromatic N) is 1. The van der Waals surface area contributed by atoms with Gasteiger partial charge < -0.3 is 11.1 Å². The van der Waals surface area contributed by atoms with Crippen LogP contribution in [0.25, 0.3) is 10.2 Å². The minimum Gasteiger partial charge on any atom is -0.353 e. The molecule has 1 saturated carbocycles. The maximum atomic E-state index is 12.0. The van der Waals surface area contributed by atoms with Crippen LogP contribution in [0.2, 0.25) is 0 Å². The van der Waals surface area contributed by atoms with Crippen LogP contribution in [-0.2, 0) is 11.2 Å². The molecule has 0 saturated heterocycles. The minimum atomic E-state index is 0.168. The molecule has 0 unspecified atom stereocenters. The molecule has 1 fully saturated rings. The number of para-hydroxylation sites is 1. The van der Waals surface area contributed by atoms with Crippen molar-refractivity contribution in [3.8, 4) is 0 Å². The second kappa shape index (κ2) is 7.20. The number of carbonyl (C=O) groups excluding carboxylic acids is 1. The van der Waals surface area contributed by atoms with E-state index in [1.54, 1.807) is 11.3 Å². The van der Waals surface area contributed by atoms with Gasteiger partial charge in [-0.1, -0.05) is 12.1 Å². The van der Waals surface area contributed by atoms with Crippen LogP contribution in [0, 0.1) is 0 Å². The summed E-state index contributed by atoms with van der Waals surface area (Å²) >= 11 is 1.73. The van der Waals surface area contributed by atoms with Crippen molar-refractivity contribution in [2.45, 2.75) is 57.0 Å². The molecule has 1 aromatic carbocycles. The first-order valence-electron chi connectivity index (χ1n) is 8.10. The molecule has 22 heavy (non-hydrogen) atoms. The molecular formula is C17H23N3OS. The van der Waals surface area contributed by atoms with Gasteiger partial charge in [0.15, 0.2) is 0 Å². The fourth-order valence-electron chi connectivity index (χ4n) is 2.99. The highest BCUT2D eigenvalue weighted by Crippen LogP contribution is 2.23. The molecule has 5 heteroatoms. The fourth-order valence-corrected chi connectivity index (χ4v) is 4.00. The smallest absolute Gasteiger partial charge is 0.220 e. The Morgan fingerprint density at radius 2 is 2.05 bits per heavy atom. The molecule has 0 spiro atoms. The second-order valence-electron chi connectivity index (χ2n) is 6.11. The van der Waals surface area contributed by atoms with Crippen molar-refractivity contribution in [2.24, 2.45) is 5.73 Å². The number of benzene rings is 1. The molecule has 3 rings (SSSR count). The van der Waals surface area contributed by atoms with Crippen molar-refractivity contribution in [2.75, 3.05) is 0 Å². The maximum absolute atomic E-state index is 12.0. The Labute approximate surface area is 135 Å². The zero-order valence-electron chi connectivity index (χ0n) is 12.8. The number of aryl methyl sites for hydroxylation is 1. The zero-order valence-corrected chi connectivity index (χ0v) is 13.6. The van der Waals surface area contributed by atoms with Crippen molar-refractivity contribution < 1.29 is 4.79 Å². The Hall–Kier alpha value is -1.46. The number of nitrogens with two attached hydrogens (primary N) is 1. The molecular weight excluding hydrogens is 294 g/mol. The predicted molar refractivity (Wildman–Crippen MR) is 90.9 cm³/mol.